The van der Waals surface area contributed by atoms with Gasteiger partial charge in [-0.25, -0.2) is 0 Å². The van der Waals surface area contributed by atoms with E-state index in [2.05, 4.69) is 5.16 Å². The van der Waals surface area contributed by atoms with Crippen LogP contribution in [0.1, 0.15) is 10.4 Å². The Morgan fingerprint density at radius 1 is 1.59 bits per heavy atom. The van der Waals surface area contributed by atoms with E-state index in [0.29, 0.717) is 29.7 Å². The summed E-state index contributed by atoms with van der Waals surface area (Å²) in [5, 5.41) is 4.22. The zero-order valence-corrected chi connectivity index (χ0v) is 9.53. The van der Waals surface area contributed by atoms with Gasteiger partial charge in [0.2, 0.25) is 0 Å². The standard InChI is InChI=1S/C10H10ClN3O3/c11-13-9(15)6-2-1-3-7-8(6)10(14-17-7)16-5-4-12/h1-3H,4-5,12H2,(H,13,15). The van der Waals surface area contributed by atoms with Crippen LogP contribution in [0.25, 0.3) is 11.0 Å². The lowest BCUT2D eigenvalue weighted by atomic mass is 10.1. The molecule has 0 atom stereocenters. The molecule has 0 unspecified atom stereocenters. The number of nitrogens with two attached hydrogens (primary N) is 1. The molecule has 1 amide bonds. The molecule has 0 spiro atoms. The van der Waals surface area contributed by atoms with Gasteiger partial charge in [0, 0.05) is 18.3 Å². The number of benzene rings is 1. The van der Waals surface area contributed by atoms with Crippen LogP contribution in [0, 0.1) is 0 Å². The molecule has 17 heavy (non-hydrogen) atoms. The first-order valence-corrected chi connectivity index (χ1v) is 5.28. The summed E-state index contributed by atoms with van der Waals surface area (Å²) >= 11 is 5.30. The average molecular weight is 256 g/mol. The molecule has 1 aromatic heterocycles. The number of amides is 1. The van der Waals surface area contributed by atoms with E-state index in [1.807, 2.05) is 4.84 Å². The molecule has 1 heterocycles. The van der Waals surface area contributed by atoms with E-state index in [-0.39, 0.29) is 5.88 Å². The molecule has 0 fully saturated rings. The third-order valence-electron chi connectivity index (χ3n) is 2.15. The number of carbonyl (C=O) groups excluding carboxylic acids is 1. The van der Waals surface area contributed by atoms with Crippen LogP contribution in [0.4, 0.5) is 0 Å². The number of halogens is 1. The predicted molar refractivity (Wildman–Crippen MR) is 61.9 cm³/mol. The van der Waals surface area contributed by atoms with Crippen molar-refractivity contribution in [2.75, 3.05) is 13.2 Å². The van der Waals surface area contributed by atoms with E-state index < -0.39 is 5.91 Å². The van der Waals surface area contributed by atoms with E-state index in [9.17, 15) is 4.79 Å². The Hall–Kier alpha value is -1.79. The minimum Gasteiger partial charge on any atom is -0.474 e. The van der Waals surface area contributed by atoms with Crippen molar-refractivity contribution in [3.05, 3.63) is 23.8 Å². The first-order valence-electron chi connectivity index (χ1n) is 4.90. The molecular weight excluding hydrogens is 246 g/mol. The highest BCUT2D eigenvalue weighted by Gasteiger charge is 2.17. The lowest BCUT2D eigenvalue weighted by molar-refractivity contribution is 0.0983. The van der Waals surface area contributed by atoms with Crippen molar-refractivity contribution in [3.8, 4) is 5.88 Å². The molecule has 1 aromatic carbocycles. The molecule has 0 aliphatic carbocycles. The molecule has 0 aliphatic rings. The van der Waals surface area contributed by atoms with Crippen LogP contribution in [0.5, 0.6) is 5.88 Å². The Bertz CT molecular complexity index is 541. The number of fused-ring (bicyclic) bond motifs is 1. The Kier molecular flexibility index (Phi) is 3.46. The van der Waals surface area contributed by atoms with Gasteiger partial charge in [-0.05, 0) is 17.3 Å². The van der Waals surface area contributed by atoms with Crippen LogP contribution in [0.2, 0.25) is 0 Å². The number of nitrogens with one attached hydrogen (secondary N) is 1. The maximum Gasteiger partial charge on any atom is 0.266 e. The average Bonchev–Trinajstić information content (AvgIpc) is 2.78. The van der Waals surface area contributed by atoms with Crippen molar-refractivity contribution in [2.24, 2.45) is 5.73 Å². The number of hydrogen-bond donors (Lipinski definition) is 2. The lowest BCUT2D eigenvalue weighted by Gasteiger charge is -2.02. The summed E-state index contributed by atoms with van der Waals surface area (Å²) in [6, 6.07) is 4.96. The summed E-state index contributed by atoms with van der Waals surface area (Å²) in [6.07, 6.45) is 0. The Labute approximate surface area is 102 Å². The Balaban J connectivity index is 2.51. The van der Waals surface area contributed by atoms with Crippen LogP contribution >= 0.6 is 11.8 Å². The van der Waals surface area contributed by atoms with Crippen molar-refractivity contribution in [1.82, 2.24) is 9.99 Å². The molecule has 2 rings (SSSR count). The zero-order valence-electron chi connectivity index (χ0n) is 8.77. The largest absolute Gasteiger partial charge is 0.474 e. The number of rotatable bonds is 4. The molecule has 2 aromatic rings. The zero-order chi connectivity index (χ0) is 12.3. The van der Waals surface area contributed by atoms with Gasteiger partial charge in [0.1, 0.15) is 6.61 Å². The lowest BCUT2D eigenvalue weighted by Crippen LogP contribution is -2.14. The molecule has 0 aliphatic heterocycles. The van der Waals surface area contributed by atoms with Gasteiger partial charge in [0.05, 0.1) is 10.9 Å². The molecule has 0 saturated heterocycles. The van der Waals surface area contributed by atoms with E-state index >= 15 is 0 Å². The summed E-state index contributed by atoms with van der Waals surface area (Å²) < 4.78 is 10.3. The van der Waals surface area contributed by atoms with Crippen molar-refractivity contribution in [1.29, 1.82) is 0 Å². The van der Waals surface area contributed by atoms with Gasteiger partial charge in [0.25, 0.3) is 11.8 Å². The van der Waals surface area contributed by atoms with E-state index in [1.54, 1.807) is 18.2 Å². The second kappa shape index (κ2) is 5.03. The minimum atomic E-state index is -0.446. The topological polar surface area (TPSA) is 90.4 Å². The maximum atomic E-state index is 11.6. The van der Waals surface area contributed by atoms with E-state index in [0.717, 1.165) is 0 Å². The van der Waals surface area contributed by atoms with Crippen molar-refractivity contribution >= 4 is 28.7 Å². The highest BCUT2D eigenvalue weighted by atomic mass is 35.5. The van der Waals surface area contributed by atoms with Crippen LogP contribution in [-0.4, -0.2) is 24.2 Å². The van der Waals surface area contributed by atoms with Gasteiger partial charge in [-0.3, -0.25) is 9.63 Å². The third kappa shape index (κ3) is 2.17. The molecular formula is C10H10ClN3O3. The summed E-state index contributed by atoms with van der Waals surface area (Å²) in [5.41, 5.74) is 6.12. The highest BCUT2D eigenvalue weighted by Crippen LogP contribution is 2.28. The molecule has 0 saturated carbocycles. The minimum absolute atomic E-state index is 0.237. The molecule has 3 N–H and O–H groups in total. The van der Waals surface area contributed by atoms with Gasteiger partial charge in [-0.15, -0.1) is 0 Å². The normalized spacial score (nSPS) is 10.5. The summed E-state index contributed by atoms with van der Waals surface area (Å²) in [6.45, 7) is 0.636. The summed E-state index contributed by atoms with van der Waals surface area (Å²) in [7, 11) is 0. The van der Waals surface area contributed by atoms with Crippen molar-refractivity contribution < 1.29 is 14.1 Å². The van der Waals surface area contributed by atoms with Crippen LogP contribution in [-0.2, 0) is 0 Å². The van der Waals surface area contributed by atoms with Gasteiger partial charge >= 0.3 is 0 Å². The Morgan fingerprint density at radius 3 is 3.12 bits per heavy atom. The fourth-order valence-corrected chi connectivity index (χ4v) is 1.56. The third-order valence-corrected chi connectivity index (χ3v) is 2.33. The SMILES string of the molecule is NCCOc1noc2cccc(C(=O)NCl)c12. The van der Waals surface area contributed by atoms with Gasteiger partial charge in [-0.2, -0.15) is 0 Å². The second-order valence-corrected chi connectivity index (χ2v) is 3.42. The second-order valence-electron chi connectivity index (χ2n) is 3.23. The van der Waals surface area contributed by atoms with E-state index in [4.69, 9.17) is 26.8 Å². The number of carbonyl (C=O) groups is 1. The van der Waals surface area contributed by atoms with Crippen LogP contribution in [0.15, 0.2) is 22.7 Å². The molecule has 0 bridgehead atoms. The molecule has 90 valence electrons. The quantitative estimate of drug-likeness (QED) is 0.797. The number of aromatic nitrogens is 1. The number of nitrogens with zero attached hydrogens (tertiary/aromatic N) is 1. The van der Waals surface area contributed by atoms with Crippen molar-refractivity contribution in [3.63, 3.8) is 0 Å². The van der Waals surface area contributed by atoms with Gasteiger partial charge in [0.15, 0.2) is 5.58 Å². The summed E-state index contributed by atoms with van der Waals surface area (Å²) in [5.74, 6) is -0.209. The Morgan fingerprint density at radius 2 is 2.41 bits per heavy atom. The first-order chi connectivity index (χ1) is 8.27. The summed E-state index contributed by atoms with van der Waals surface area (Å²) in [4.78, 5) is 13.6. The van der Waals surface area contributed by atoms with E-state index in [1.165, 1.54) is 0 Å². The fraction of sp³-hybridized carbons (Fsp3) is 0.200. The molecule has 6 nitrogen and oxygen atoms in total. The molecule has 0 radical (unpaired) electrons. The highest BCUT2D eigenvalue weighted by molar-refractivity contribution is 6.26. The van der Waals surface area contributed by atoms with Crippen LogP contribution < -0.4 is 15.3 Å². The number of hydrogen-bond acceptors (Lipinski definition) is 5. The maximum absolute atomic E-state index is 11.6. The van der Waals surface area contributed by atoms with Crippen molar-refractivity contribution in [2.45, 2.75) is 0 Å². The predicted octanol–water partition coefficient (Wildman–Crippen LogP) is 1.05. The first kappa shape index (κ1) is 11.7. The molecule has 7 heteroatoms. The smallest absolute Gasteiger partial charge is 0.266 e. The fourth-order valence-electron chi connectivity index (χ4n) is 1.46. The van der Waals surface area contributed by atoms with Crippen LogP contribution in [0.3, 0.4) is 0 Å². The van der Waals surface area contributed by atoms with Gasteiger partial charge < -0.3 is 15.0 Å². The number of ether oxygens (including phenoxy) is 1. The van der Waals surface area contributed by atoms with Gasteiger partial charge in [-0.1, -0.05) is 6.07 Å². The monoisotopic (exact) mass is 255 g/mol.